The lowest BCUT2D eigenvalue weighted by atomic mass is 10.1. The van der Waals surface area contributed by atoms with Crippen LogP contribution in [-0.2, 0) is 14.8 Å². The van der Waals surface area contributed by atoms with E-state index in [0.717, 1.165) is 0 Å². The minimum atomic E-state index is -3.44. The topological polar surface area (TPSA) is 105 Å². The Kier molecular flexibility index (Phi) is 3.92. The molecule has 1 rings (SSSR count). The van der Waals surface area contributed by atoms with Crippen LogP contribution in [0.3, 0.4) is 0 Å². The van der Waals surface area contributed by atoms with Crippen molar-refractivity contribution in [2.75, 3.05) is 13.2 Å². The molecule has 0 spiro atoms. The first-order chi connectivity index (χ1) is 7.26. The lowest BCUT2D eigenvalue weighted by Crippen LogP contribution is -2.55. The summed E-state index contributed by atoms with van der Waals surface area (Å²) in [5.41, 5.74) is 4.31. The highest BCUT2D eigenvalue weighted by Crippen LogP contribution is 2.17. The number of amidine groups is 1. The molecule has 4 N–H and O–H groups in total. The van der Waals surface area contributed by atoms with Crippen LogP contribution in [0.5, 0.6) is 0 Å². The van der Waals surface area contributed by atoms with Crippen molar-refractivity contribution in [1.82, 2.24) is 4.72 Å². The molecule has 7 heteroatoms. The van der Waals surface area contributed by atoms with E-state index in [2.05, 4.69) is 4.72 Å². The SMILES string of the molecule is CC(C)(NS(=O)(=O)C1CCOCC1)C(=N)N. The average molecular weight is 249 g/mol. The zero-order valence-electron chi connectivity index (χ0n) is 9.62. The first-order valence-corrected chi connectivity index (χ1v) is 6.75. The fourth-order valence-electron chi connectivity index (χ4n) is 1.48. The third kappa shape index (κ3) is 3.16. The number of hydrogen-bond donors (Lipinski definition) is 3. The first-order valence-electron chi connectivity index (χ1n) is 5.21. The molecule has 94 valence electrons. The predicted octanol–water partition coefficient (Wildman–Crippen LogP) is -0.201. The summed E-state index contributed by atoms with van der Waals surface area (Å²) in [4.78, 5) is 0. The molecule has 0 radical (unpaired) electrons. The zero-order valence-corrected chi connectivity index (χ0v) is 10.4. The molecule has 0 saturated carbocycles. The van der Waals surface area contributed by atoms with Crippen molar-refractivity contribution in [3.8, 4) is 0 Å². The molecule has 6 nitrogen and oxygen atoms in total. The second kappa shape index (κ2) is 4.68. The van der Waals surface area contributed by atoms with Gasteiger partial charge in [0.25, 0.3) is 0 Å². The second-order valence-corrected chi connectivity index (χ2v) is 6.46. The molecule has 0 bridgehead atoms. The van der Waals surface area contributed by atoms with Gasteiger partial charge in [0.2, 0.25) is 10.0 Å². The van der Waals surface area contributed by atoms with Gasteiger partial charge < -0.3 is 10.5 Å². The molecule has 1 aliphatic rings. The fourth-order valence-corrected chi connectivity index (χ4v) is 3.28. The maximum Gasteiger partial charge on any atom is 0.215 e. The summed E-state index contributed by atoms with van der Waals surface area (Å²) >= 11 is 0. The quantitative estimate of drug-likeness (QED) is 0.474. The Morgan fingerprint density at radius 3 is 2.38 bits per heavy atom. The lowest BCUT2D eigenvalue weighted by Gasteiger charge is -2.29. The van der Waals surface area contributed by atoms with E-state index in [1.165, 1.54) is 0 Å². The maximum absolute atomic E-state index is 12.0. The molecule has 16 heavy (non-hydrogen) atoms. The van der Waals surface area contributed by atoms with Crippen molar-refractivity contribution in [3.63, 3.8) is 0 Å². The number of hydrogen-bond acceptors (Lipinski definition) is 4. The highest BCUT2D eigenvalue weighted by molar-refractivity contribution is 7.90. The molecule has 0 aromatic heterocycles. The molecule has 1 heterocycles. The Morgan fingerprint density at radius 2 is 1.94 bits per heavy atom. The molecule has 0 aromatic rings. The molecule has 0 aromatic carbocycles. The smallest absolute Gasteiger partial charge is 0.215 e. The van der Waals surface area contributed by atoms with Crippen LogP contribution in [0.1, 0.15) is 26.7 Å². The second-order valence-electron chi connectivity index (χ2n) is 4.50. The van der Waals surface area contributed by atoms with Crippen molar-refractivity contribution in [2.45, 2.75) is 37.5 Å². The van der Waals surface area contributed by atoms with E-state index in [4.69, 9.17) is 15.9 Å². The first kappa shape index (κ1) is 13.4. The van der Waals surface area contributed by atoms with E-state index in [0.29, 0.717) is 26.1 Å². The minimum Gasteiger partial charge on any atom is -0.386 e. The van der Waals surface area contributed by atoms with E-state index in [-0.39, 0.29) is 5.84 Å². The molecular weight excluding hydrogens is 230 g/mol. The summed E-state index contributed by atoms with van der Waals surface area (Å²) in [7, 11) is -3.44. The molecule has 0 amide bonds. The van der Waals surface area contributed by atoms with Crippen LogP contribution < -0.4 is 10.5 Å². The van der Waals surface area contributed by atoms with Gasteiger partial charge in [-0.25, -0.2) is 13.1 Å². The number of sulfonamides is 1. The van der Waals surface area contributed by atoms with Gasteiger partial charge in [0.05, 0.1) is 10.8 Å². The van der Waals surface area contributed by atoms with Gasteiger partial charge in [0.1, 0.15) is 5.84 Å². The van der Waals surface area contributed by atoms with E-state index in [1.807, 2.05) is 0 Å². The van der Waals surface area contributed by atoms with Crippen molar-refractivity contribution < 1.29 is 13.2 Å². The Labute approximate surface area is 96.1 Å². The predicted molar refractivity (Wildman–Crippen MR) is 61.9 cm³/mol. The van der Waals surface area contributed by atoms with Crippen LogP contribution in [0, 0.1) is 5.41 Å². The summed E-state index contributed by atoms with van der Waals surface area (Å²) in [5.74, 6) is -0.192. The van der Waals surface area contributed by atoms with Gasteiger partial charge in [-0.05, 0) is 26.7 Å². The van der Waals surface area contributed by atoms with Crippen molar-refractivity contribution in [1.29, 1.82) is 5.41 Å². The number of rotatable bonds is 4. The Balaban J connectivity index is 2.74. The van der Waals surface area contributed by atoms with Gasteiger partial charge in [-0.2, -0.15) is 0 Å². The van der Waals surface area contributed by atoms with Gasteiger partial charge in [-0.15, -0.1) is 0 Å². The van der Waals surface area contributed by atoms with Crippen LogP contribution in [0.2, 0.25) is 0 Å². The van der Waals surface area contributed by atoms with Crippen LogP contribution in [0.15, 0.2) is 0 Å². The molecule has 0 atom stereocenters. The monoisotopic (exact) mass is 249 g/mol. The molecular formula is C9H19N3O3S. The summed E-state index contributed by atoms with van der Waals surface area (Å²) in [6.45, 7) is 4.08. The van der Waals surface area contributed by atoms with Gasteiger partial charge in [-0.3, -0.25) is 5.41 Å². The Morgan fingerprint density at radius 1 is 1.44 bits per heavy atom. The number of nitrogens with one attached hydrogen (secondary N) is 2. The fraction of sp³-hybridized carbons (Fsp3) is 0.889. The molecule has 0 aliphatic carbocycles. The highest BCUT2D eigenvalue weighted by atomic mass is 32.2. The summed E-state index contributed by atoms with van der Waals surface area (Å²) in [5, 5.41) is 6.87. The standard InChI is InChI=1S/C9H19N3O3S/c1-9(2,8(10)11)12-16(13,14)7-3-5-15-6-4-7/h7,12H,3-6H2,1-2H3,(H3,10,11). The van der Waals surface area contributed by atoms with Crippen molar-refractivity contribution in [3.05, 3.63) is 0 Å². The van der Waals surface area contributed by atoms with E-state index >= 15 is 0 Å². The number of ether oxygens (including phenoxy) is 1. The maximum atomic E-state index is 12.0. The third-order valence-corrected chi connectivity index (χ3v) is 4.82. The van der Waals surface area contributed by atoms with E-state index < -0.39 is 20.8 Å². The van der Waals surface area contributed by atoms with Gasteiger partial charge in [0.15, 0.2) is 0 Å². The van der Waals surface area contributed by atoms with E-state index in [9.17, 15) is 8.42 Å². The molecule has 1 aliphatic heterocycles. The largest absolute Gasteiger partial charge is 0.386 e. The number of nitrogens with two attached hydrogens (primary N) is 1. The molecule has 1 saturated heterocycles. The molecule has 0 unspecified atom stereocenters. The van der Waals surface area contributed by atoms with Crippen LogP contribution >= 0.6 is 0 Å². The van der Waals surface area contributed by atoms with Crippen LogP contribution in [-0.4, -0.2) is 38.3 Å². The van der Waals surface area contributed by atoms with Crippen molar-refractivity contribution in [2.24, 2.45) is 5.73 Å². The zero-order chi connectivity index (χ0) is 12.4. The lowest BCUT2D eigenvalue weighted by molar-refractivity contribution is 0.0980. The normalized spacial score (nSPS) is 19.6. The third-order valence-electron chi connectivity index (χ3n) is 2.68. The van der Waals surface area contributed by atoms with Crippen LogP contribution in [0.4, 0.5) is 0 Å². The summed E-state index contributed by atoms with van der Waals surface area (Å²) in [6, 6.07) is 0. The average Bonchev–Trinajstić information content (AvgIpc) is 2.17. The van der Waals surface area contributed by atoms with Crippen LogP contribution in [0.25, 0.3) is 0 Å². The summed E-state index contributed by atoms with van der Waals surface area (Å²) in [6.07, 6.45) is 0.979. The van der Waals surface area contributed by atoms with Gasteiger partial charge in [0, 0.05) is 13.2 Å². The van der Waals surface area contributed by atoms with Gasteiger partial charge >= 0.3 is 0 Å². The molecule has 1 fully saturated rings. The summed E-state index contributed by atoms with van der Waals surface area (Å²) < 4.78 is 31.6. The van der Waals surface area contributed by atoms with Crippen molar-refractivity contribution >= 4 is 15.9 Å². The highest BCUT2D eigenvalue weighted by Gasteiger charge is 2.34. The Hall–Kier alpha value is -0.660. The van der Waals surface area contributed by atoms with Gasteiger partial charge in [-0.1, -0.05) is 0 Å². The Bertz CT molecular complexity index is 358. The van der Waals surface area contributed by atoms with E-state index in [1.54, 1.807) is 13.8 Å². The minimum absolute atomic E-state index is 0.192.